The summed E-state index contributed by atoms with van der Waals surface area (Å²) in [5.74, 6) is -0.363. The molecule has 4 aromatic rings. The molecule has 0 aliphatic carbocycles. The molecule has 0 radical (unpaired) electrons. The van der Waals surface area contributed by atoms with Crippen LogP contribution in [0.5, 0.6) is 12.0 Å². The molecule has 0 unspecified atom stereocenters. The average Bonchev–Trinajstić information content (AvgIpc) is 2.87. The monoisotopic (exact) mass is 513 g/mol. The van der Waals surface area contributed by atoms with Crippen molar-refractivity contribution in [2.45, 2.75) is 12.5 Å². The lowest BCUT2D eigenvalue weighted by atomic mass is 10.0. The molecule has 0 saturated carbocycles. The molecule has 1 N–H and O–H groups in total. The highest BCUT2D eigenvalue weighted by Gasteiger charge is 2.22. The number of ether oxygens (including phenoxy) is 3. The molecule has 2 heterocycles. The van der Waals surface area contributed by atoms with E-state index in [2.05, 4.69) is 20.3 Å². The molecule has 4 rings (SSSR count). The maximum Gasteiger partial charge on any atom is 0.328 e. The maximum absolute atomic E-state index is 12.5. The van der Waals surface area contributed by atoms with Gasteiger partial charge in [0.15, 0.2) is 0 Å². The van der Waals surface area contributed by atoms with Crippen molar-refractivity contribution in [1.29, 1.82) is 0 Å². The number of nitrogens with one attached hydrogen (secondary N) is 1. The van der Waals surface area contributed by atoms with Crippen LogP contribution in [0.4, 0.5) is 5.95 Å². The number of halogens is 2. The third kappa shape index (κ3) is 5.52. The first-order valence-corrected chi connectivity index (χ1v) is 11.2. The van der Waals surface area contributed by atoms with Gasteiger partial charge in [-0.15, -0.1) is 4.98 Å². The van der Waals surface area contributed by atoms with Gasteiger partial charge in [-0.3, -0.25) is 0 Å². The van der Waals surface area contributed by atoms with Crippen LogP contribution in [-0.4, -0.2) is 53.3 Å². The molecule has 0 spiro atoms. The molecule has 0 bridgehead atoms. The standard InChI is InChI=1S/C24H21Cl2N5O4/c1-33-21(32)19(28-22-29-23(34-2)31-24(30-22)35-3)12-13-7-9-17-14(11-13)8-10-18(27-17)20-15(25)5-4-6-16(20)26/h4-11,19H,12H2,1-3H3,(H,28,29,30,31)/t19-/m0/s1. The topological polar surface area (TPSA) is 108 Å². The Hall–Kier alpha value is -3.69. The van der Waals surface area contributed by atoms with Gasteiger partial charge in [0.05, 0.1) is 42.6 Å². The largest absolute Gasteiger partial charge is 0.467 e. The van der Waals surface area contributed by atoms with E-state index in [1.54, 1.807) is 18.2 Å². The summed E-state index contributed by atoms with van der Waals surface area (Å²) in [5, 5.41) is 4.92. The summed E-state index contributed by atoms with van der Waals surface area (Å²) < 4.78 is 15.1. The van der Waals surface area contributed by atoms with Crippen LogP contribution in [0.15, 0.2) is 48.5 Å². The van der Waals surface area contributed by atoms with Crippen molar-refractivity contribution in [3.63, 3.8) is 0 Å². The van der Waals surface area contributed by atoms with E-state index in [1.165, 1.54) is 21.3 Å². The molecule has 35 heavy (non-hydrogen) atoms. The minimum atomic E-state index is -0.775. The fourth-order valence-corrected chi connectivity index (χ4v) is 4.09. The maximum atomic E-state index is 12.5. The number of fused-ring (bicyclic) bond motifs is 1. The number of esters is 1. The fraction of sp³-hybridized carbons (Fsp3) is 0.208. The second-order valence-corrected chi connectivity index (χ2v) is 8.19. The zero-order valence-corrected chi connectivity index (χ0v) is 20.6. The van der Waals surface area contributed by atoms with Crippen molar-refractivity contribution in [3.8, 4) is 23.3 Å². The van der Waals surface area contributed by atoms with Crippen LogP contribution in [0.25, 0.3) is 22.2 Å². The van der Waals surface area contributed by atoms with E-state index in [0.29, 0.717) is 27.7 Å². The lowest BCUT2D eigenvalue weighted by Crippen LogP contribution is -2.33. The molecular formula is C24H21Cl2N5O4. The number of pyridine rings is 1. The van der Waals surface area contributed by atoms with Crippen LogP contribution >= 0.6 is 23.2 Å². The second-order valence-electron chi connectivity index (χ2n) is 7.38. The van der Waals surface area contributed by atoms with Crippen molar-refractivity contribution < 1.29 is 19.0 Å². The molecule has 0 saturated heterocycles. The third-order valence-electron chi connectivity index (χ3n) is 5.16. The summed E-state index contributed by atoms with van der Waals surface area (Å²) in [7, 11) is 4.16. The molecule has 2 aromatic carbocycles. The highest BCUT2D eigenvalue weighted by molar-refractivity contribution is 6.39. The highest BCUT2D eigenvalue weighted by Crippen LogP contribution is 2.34. The number of rotatable bonds is 8. The van der Waals surface area contributed by atoms with Gasteiger partial charge in [-0.05, 0) is 35.9 Å². The number of aromatic nitrogens is 4. The molecule has 180 valence electrons. The Morgan fingerprint density at radius 2 is 1.60 bits per heavy atom. The molecule has 0 fully saturated rings. The minimum Gasteiger partial charge on any atom is -0.467 e. The highest BCUT2D eigenvalue weighted by atomic mass is 35.5. The van der Waals surface area contributed by atoms with Gasteiger partial charge in [0, 0.05) is 17.4 Å². The Morgan fingerprint density at radius 1 is 0.914 bits per heavy atom. The van der Waals surface area contributed by atoms with Crippen molar-refractivity contribution in [2.75, 3.05) is 26.6 Å². The first-order valence-electron chi connectivity index (χ1n) is 10.4. The minimum absolute atomic E-state index is 0.0502. The smallest absolute Gasteiger partial charge is 0.328 e. The van der Waals surface area contributed by atoms with Gasteiger partial charge in [0.1, 0.15) is 6.04 Å². The molecule has 0 aliphatic rings. The van der Waals surface area contributed by atoms with E-state index in [9.17, 15) is 4.79 Å². The average molecular weight is 514 g/mol. The molecule has 0 amide bonds. The summed E-state index contributed by atoms with van der Waals surface area (Å²) in [6.45, 7) is 0. The summed E-state index contributed by atoms with van der Waals surface area (Å²) >= 11 is 12.7. The van der Waals surface area contributed by atoms with Crippen molar-refractivity contribution in [3.05, 3.63) is 64.1 Å². The van der Waals surface area contributed by atoms with E-state index in [0.717, 1.165) is 16.5 Å². The number of hydrogen-bond donors (Lipinski definition) is 1. The molecule has 1 atom stereocenters. The van der Waals surface area contributed by atoms with Crippen LogP contribution < -0.4 is 14.8 Å². The first kappa shape index (κ1) is 24.4. The molecule has 0 aliphatic heterocycles. The number of benzene rings is 2. The SMILES string of the molecule is COC(=O)[C@H](Cc1ccc2nc(-c3c(Cl)cccc3Cl)ccc2c1)Nc1nc(OC)nc(OC)n1. The molecule has 2 aromatic heterocycles. The van der Waals surface area contributed by atoms with Gasteiger partial charge in [-0.2, -0.15) is 9.97 Å². The molecule has 11 heteroatoms. The zero-order valence-electron chi connectivity index (χ0n) is 19.1. The summed E-state index contributed by atoms with van der Waals surface area (Å²) in [5.41, 5.74) is 2.99. The van der Waals surface area contributed by atoms with Crippen molar-refractivity contribution >= 4 is 46.0 Å². The van der Waals surface area contributed by atoms with Gasteiger partial charge in [0.25, 0.3) is 0 Å². The van der Waals surface area contributed by atoms with E-state index < -0.39 is 12.0 Å². The predicted molar refractivity (Wildman–Crippen MR) is 133 cm³/mol. The number of carbonyl (C=O) groups is 1. The van der Waals surface area contributed by atoms with E-state index >= 15 is 0 Å². The Labute approximate surface area is 211 Å². The van der Waals surface area contributed by atoms with Crippen LogP contribution in [0.1, 0.15) is 5.56 Å². The van der Waals surface area contributed by atoms with Crippen LogP contribution in [0.3, 0.4) is 0 Å². The van der Waals surface area contributed by atoms with E-state index in [1.807, 2.05) is 30.3 Å². The fourth-order valence-electron chi connectivity index (χ4n) is 3.50. The summed E-state index contributed by atoms with van der Waals surface area (Å²) in [6.07, 6.45) is 0.303. The predicted octanol–water partition coefficient (Wildman–Crippen LogP) is 4.61. The van der Waals surface area contributed by atoms with Gasteiger partial charge < -0.3 is 19.5 Å². The molecular weight excluding hydrogens is 493 g/mol. The van der Waals surface area contributed by atoms with Crippen molar-refractivity contribution in [2.24, 2.45) is 0 Å². The third-order valence-corrected chi connectivity index (χ3v) is 5.79. The quantitative estimate of drug-likeness (QED) is 0.337. The number of hydrogen-bond acceptors (Lipinski definition) is 9. The van der Waals surface area contributed by atoms with Crippen LogP contribution in [0.2, 0.25) is 10.0 Å². The lowest BCUT2D eigenvalue weighted by Gasteiger charge is -2.17. The summed E-state index contributed by atoms with van der Waals surface area (Å²) in [4.78, 5) is 29.4. The van der Waals surface area contributed by atoms with Crippen LogP contribution in [0, 0.1) is 0 Å². The van der Waals surface area contributed by atoms with Crippen LogP contribution in [-0.2, 0) is 16.0 Å². The van der Waals surface area contributed by atoms with Crippen molar-refractivity contribution in [1.82, 2.24) is 19.9 Å². The van der Waals surface area contributed by atoms with Gasteiger partial charge in [-0.1, -0.05) is 41.4 Å². The van der Waals surface area contributed by atoms with Gasteiger partial charge in [-0.25, -0.2) is 9.78 Å². The van der Waals surface area contributed by atoms with E-state index in [4.69, 9.17) is 42.4 Å². The lowest BCUT2D eigenvalue weighted by molar-refractivity contribution is -0.141. The Balaban J connectivity index is 1.61. The number of nitrogens with zero attached hydrogens (tertiary/aromatic N) is 4. The zero-order chi connectivity index (χ0) is 24.9. The Kier molecular flexibility index (Phi) is 7.48. The molecule has 9 nitrogen and oxygen atoms in total. The summed E-state index contributed by atoms with van der Waals surface area (Å²) in [6, 6.07) is 14.2. The van der Waals surface area contributed by atoms with E-state index in [-0.39, 0.29) is 18.0 Å². The Morgan fingerprint density at radius 3 is 2.23 bits per heavy atom. The normalized spacial score (nSPS) is 11.7. The number of carbonyl (C=O) groups excluding carboxylic acids is 1. The number of methoxy groups -OCH3 is 3. The second kappa shape index (κ2) is 10.7. The Bertz CT molecular complexity index is 1340. The van der Waals surface area contributed by atoms with Gasteiger partial charge >= 0.3 is 18.0 Å². The number of anilines is 1. The van der Waals surface area contributed by atoms with Gasteiger partial charge in [0.2, 0.25) is 5.95 Å². The first-order chi connectivity index (χ1) is 16.9.